The van der Waals surface area contributed by atoms with Crippen LogP contribution in [0.15, 0.2) is 0 Å². The summed E-state index contributed by atoms with van der Waals surface area (Å²) in [7, 11) is 5.09. The van der Waals surface area contributed by atoms with Gasteiger partial charge in [0.25, 0.3) is 0 Å². The second-order valence-corrected chi connectivity index (χ2v) is 5.12. The van der Waals surface area contributed by atoms with Gasteiger partial charge in [-0.15, -0.1) is 0 Å². The van der Waals surface area contributed by atoms with Crippen LogP contribution in [0.2, 0.25) is 0 Å². The van der Waals surface area contributed by atoms with Crippen molar-refractivity contribution in [2.75, 3.05) is 27.7 Å². The molecule has 8 nitrogen and oxygen atoms in total. The quantitative estimate of drug-likeness (QED) is 0.519. The first-order chi connectivity index (χ1) is 9.76. The van der Waals surface area contributed by atoms with Crippen molar-refractivity contribution in [2.45, 2.75) is 38.3 Å². The second-order valence-electron chi connectivity index (χ2n) is 5.12. The molecule has 0 aromatic carbocycles. The third-order valence-corrected chi connectivity index (χ3v) is 2.86. The highest BCUT2D eigenvalue weighted by atomic mass is 16.5. The van der Waals surface area contributed by atoms with E-state index in [0.29, 0.717) is 0 Å². The zero-order valence-corrected chi connectivity index (χ0v) is 13.0. The molecule has 2 atom stereocenters. The van der Waals surface area contributed by atoms with E-state index in [1.54, 1.807) is 0 Å². The first kappa shape index (κ1) is 19.2. The van der Waals surface area contributed by atoms with E-state index < -0.39 is 24.0 Å². The molecule has 2 amide bonds. The molecule has 0 aliphatic carbocycles. The molecule has 1 unspecified atom stereocenters. The summed E-state index contributed by atoms with van der Waals surface area (Å²) in [5.41, 5.74) is 0. The summed E-state index contributed by atoms with van der Waals surface area (Å²) < 4.78 is 4.44. The largest absolute Gasteiger partial charge is 0.480 e. The summed E-state index contributed by atoms with van der Waals surface area (Å²) in [6, 6.07) is -1.76. The fraction of sp³-hybridized carbons (Fsp3) is 0.769. The summed E-state index contributed by atoms with van der Waals surface area (Å²) in [5, 5.41) is 14.0. The maximum absolute atomic E-state index is 11.7. The van der Waals surface area contributed by atoms with Crippen LogP contribution in [0.3, 0.4) is 0 Å². The van der Waals surface area contributed by atoms with Crippen LogP contribution in [0.1, 0.15) is 26.2 Å². The highest BCUT2D eigenvalue weighted by Gasteiger charge is 2.21. The SMILES string of the molecule is COC(=O)CC[C@H](NC(=O)NC(C)CCN(C)C)C(=O)O. The van der Waals surface area contributed by atoms with Crippen LogP contribution in [0, 0.1) is 0 Å². The van der Waals surface area contributed by atoms with Crippen molar-refractivity contribution in [3.63, 3.8) is 0 Å². The number of nitrogens with one attached hydrogen (secondary N) is 2. The molecule has 0 aliphatic rings. The minimum Gasteiger partial charge on any atom is -0.480 e. The van der Waals surface area contributed by atoms with E-state index in [4.69, 9.17) is 5.11 Å². The fourth-order valence-electron chi connectivity index (χ4n) is 1.57. The van der Waals surface area contributed by atoms with Gasteiger partial charge in [-0.3, -0.25) is 4.79 Å². The lowest BCUT2D eigenvalue weighted by atomic mass is 10.1. The van der Waals surface area contributed by atoms with E-state index in [-0.39, 0.29) is 18.9 Å². The van der Waals surface area contributed by atoms with Gasteiger partial charge in [-0.2, -0.15) is 0 Å². The van der Waals surface area contributed by atoms with Crippen molar-refractivity contribution in [1.29, 1.82) is 0 Å². The summed E-state index contributed by atoms with van der Waals surface area (Å²) in [4.78, 5) is 35.7. The predicted molar refractivity (Wildman–Crippen MR) is 77.0 cm³/mol. The molecule has 0 aromatic heterocycles. The Morgan fingerprint density at radius 3 is 2.29 bits per heavy atom. The lowest BCUT2D eigenvalue weighted by molar-refractivity contribution is -0.142. The van der Waals surface area contributed by atoms with E-state index in [2.05, 4.69) is 15.4 Å². The van der Waals surface area contributed by atoms with Gasteiger partial charge in [-0.1, -0.05) is 0 Å². The molecule has 0 heterocycles. The Morgan fingerprint density at radius 1 is 1.19 bits per heavy atom. The Labute approximate surface area is 124 Å². The molecule has 0 bridgehead atoms. The number of esters is 1. The Bertz CT molecular complexity index is 360. The van der Waals surface area contributed by atoms with E-state index in [9.17, 15) is 14.4 Å². The Hall–Kier alpha value is -1.83. The first-order valence-corrected chi connectivity index (χ1v) is 6.77. The Morgan fingerprint density at radius 2 is 1.81 bits per heavy atom. The van der Waals surface area contributed by atoms with E-state index in [0.717, 1.165) is 13.0 Å². The number of hydrogen-bond acceptors (Lipinski definition) is 5. The number of carboxylic acids is 1. The number of nitrogens with zero attached hydrogens (tertiary/aromatic N) is 1. The second kappa shape index (κ2) is 9.98. The van der Waals surface area contributed by atoms with Gasteiger partial charge in [0.2, 0.25) is 0 Å². The van der Waals surface area contributed by atoms with Crippen molar-refractivity contribution >= 4 is 18.0 Å². The molecule has 0 saturated carbocycles. The summed E-state index contributed by atoms with van der Waals surface area (Å²) >= 11 is 0. The summed E-state index contributed by atoms with van der Waals surface area (Å²) in [5.74, 6) is -1.70. The normalized spacial score (nSPS) is 13.4. The minimum absolute atomic E-state index is 0.0124. The van der Waals surface area contributed by atoms with Gasteiger partial charge in [0.1, 0.15) is 6.04 Å². The number of carbonyl (C=O) groups is 3. The van der Waals surface area contributed by atoms with Gasteiger partial charge in [-0.05, 0) is 40.4 Å². The third-order valence-electron chi connectivity index (χ3n) is 2.86. The molecular formula is C13H25N3O5. The van der Waals surface area contributed by atoms with Crippen LogP contribution in [0.5, 0.6) is 0 Å². The van der Waals surface area contributed by atoms with Gasteiger partial charge in [0.05, 0.1) is 7.11 Å². The highest BCUT2D eigenvalue weighted by molar-refractivity contribution is 5.83. The summed E-state index contributed by atoms with van der Waals surface area (Å²) in [6.07, 6.45) is 0.672. The predicted octanol–water partition coefficient (Wildman–Crippen LogP) is 0.0322. The molecule has 8 heteroatoms. The number of rotatable bonds is 9. The molecule has 0 aliphatic heterocycles. The molecule has 3 N–H and O–H groups in total. The molecule has 21 heavy (non-hydrogen) atoms. The van der Waals surface area contributed by atoms with Crippen LogP contribution in [0.25, 0.3) is 0 Å². The number of ether oxygens (including phenoxy) is 1. The van der Waals surface area contributed by atoms with Gasteiger partial charge < -0.3 is 25.4 Å². The van der Waals surface area contributed by atoms with Gasteiger partial charge in [0.15, 0.2) is 0 Å². The zero-order chi connectivity index (χ0) is 16.4. The lowest BCUT2D eigenvalue weighted by Gasteiger charge is -2.19. The smallest absolute Gasteiger partial charge is 0.326 e. The van der Waals surface area contributed by atoms with Crippen LogP contribution in [0.4, 0.5) is 4.79 Å². The summed E-state index contributed by atoms with van der Waals surface area (Å²) in [6.45, 7) is 2.65. The third kappa shape index (κ3) is 9.67. The fourth-order valence-corrected chi connectivity index (χ4v) is 1.57. The number of amides is 2. The number of hydrogen-bond donors (Lipinski definition) is 3. The van der Waals surface area contributed by atoms with E-state index >= 15 is 0 Å². The number of carbonyl (C=O) groups excluding carboxylic acids is 2. The first-order valence-electron chi connectivity index (χ1n) is 6.77. The van der Waals surface area contributed by atoms with Crippen molar-refractivity contribution in [1.82, 2.24) is 15.5 Å². The molecule has 122 valence electrons. The molecular weight excluding hydrogens is 278 g/mol. The van der Waals surface area contributed by atoms with Crippen LogP contribution in [-0.2, 0) is 14.3 Å². The van der Waals surface area contributed by atoms with Crippen molar-refractivity contribution in [2.24, 2.45) is 0 Å². The number of methoxy groups -OCH3 is 1. The topological polar surface area (TPSA) is 108 Å². The lowest BCUT2D eigenvalue weighted by Crippen LogP contribution is -2.48. The number of carboxylic acid groups (broad SMARTS) is 1. The highest BCUT2D eigenvalue weighted by Crippen LogP contribution is 2.00. The molecule has 0 rings (SSSR count). The van der Waals surface area contributed by atoms with Crippen LogP contribution < -0.4 is 10.6 Å². The number of aliphatic carboxylic acids is 1. The Kier molecular flexibility index (Phi) is 9.11. The zero-order valence-electron chi connectivity index (χ0n) is 13.0. The van der Waals surface area contributed by atoms with Gasteiger partial charge in [0, 0.05) is 12.5 Å². The molecule has 0 aromatic rings. The van der Waals surface area contributed by atoms with Gasteiger partial charge >= 0.3 is 18.0 Å². The van der Waals surface area contributed by atoms with E-state index in [1.165, 1.54) is 7.11 Å². The molecule has 0 fully saturated rings. The van der Waals surface area contributed by atoms with Crippen molar-refractivity contribution < 1.29 is 24.2 Å². The maximum Gasteiger partial charge on any atom is 0.326 e. The standard InChI is InChI=1S/C13H25N3O5/c1-9(7-8-16(2)3)14-13(20)15-10(12(18)19)5-6-11(17)21-4/h9-10H,5-8H2,1-4H3,(H,18,19)(H2,14,15,20)/t9?,10-/m0/s1. The maximum atomic E-state index is 11.7. The monoisotopic (exact) mass is 303 g/mol. The number of urea groups is 1. The average Bonchev–Trinajstić information content (AvgIpc) is 2.40. The van der Waals surface area contributed by atoms with Gasteiger partial charge in [-0.25, -0.2) is 9.59 Å². The van der Waals surface area contributed by atoms with Crippen LogP contribution in [-0.4, -0.2) is 67.8 Å². The molecule has 0 spiro atoms. The Balaban J connectivity index is 4.22. The van der Waals surface area contributed by atoms with Crippen molar-refractivity contribution in [3.05, 3.63) is 0 Å². The average molecular weight is 303 g/mol. The minimum atomic E-state index is -1.19. The molecule has 0 radical (unpaired) electrons. The van der Waals surface area contributed by atoms with Crippen LogP contribution >= 0.6 is 0 Å². The van der Waals surface area contributed by atoms with E-state index in [1.807, 2.05) is 25.9 Å². The van der Waals surface area contributed by atoms with Crippen molar-refractivity contribution in [3.8, 4) is 0 Å². The molecule has 0 saturated heterocycles.